The Labute approximate surface area is 171 Å². The molecule has 2 amide bonds. The van der Waals surface area contributed by atoms with Crippen molar-refractivity contribution in [1.82, 2.24) is 14.9 Å². The molecule has 0 radical (unpaired) electrons. The summed E-state index contributed by atoms with van der Waals surface area (Å²) in [7, 11) is 1.62. The maximum absolute atomic E-state index is 12.6. The van der Waals surface area contributed by atoms with E-state index in [4.69, 9.17) is 9.72 Å². The minimum Gasteiger partial charge on any atom is -0.497 e. The van der Waals surface area contributed by atoms with E-state index in [1.807, 2.05) is 36.1 Å². The molecule has 0 bridgehead atoms. The first-order valence-corrected chi connectivity index (χ1v) is 10.2. The Bertz CT molecular complexity index is 843. The van der Waals surface area contributed by atoms with Gasteiger partial charge in [-0.2, -0.15) is 4.98 Å². The third-order valence-corrected chi connectivity index (χ3v) is 5.45. The molecule has 2 saturated heterocycles. The lowest BCUT2D eigenvalue weighted by Gasteiger charge is -2.35. The molecule has 0 atom stereocenters. The second kappa shape index (κ2) is 8.55. The van der Waals surface area contributed by atoms with Crippen LogP contribution >= 0.6 is 0 Å². The van der Waals surface area contributed by atoms with Crippen LogP contribution in [0.5, 0.6) is 5.75 Å². The number of carbonyl (C=O) groups is 1. The third kappa shape index (κ3) is 4.52. The molecule has 8 nitrogen and oxygen atoms in total. The number of aryl methyl sites for hydroxylation is 1. The summed E-state index contributed by atoms with van der Waals surface area (Å²) in [5, 5.41) is 2.95. The normalized spacial score (nSPS) is 16.8. The number of hydrogen-bond acceptors (Lipinski definition) is 6. The summed E-state index contributed by atoms with van der Waals surface area (Å²) in [5.74, 6) is 2.55. The summed E-state index contributed by atoms with van der Waals surface area (Å²) < 4.78 is 5.15. The summed E-state index contributed by atoms with van der Waals surface area (Å²) in [6, 6.07) is 9.33. The molecule has 2 aliphatic rings. The second-order valence-corrected chi connectivity index (χ2v) is 7.49. The number of urea groups is 1. The van der Waals surface area contributed by atoms with Gasteiger partial charge in [0.05, 0.1) is 7.11 Å². The van der Waals surface area contributed by atoms with Crippen molar-refractivity contribution < 1.29 is 9.53 Å². The average molecular weight is 396 g/mol. The summed E-state index contributed by atoms with van der Waals surface area (Å²) in [4.78, 5) is 28.3. The van der Waals surface area contributed by atoms with Crippen molar-refractivity contribution in [2.45, 2.75) is 19.8 Å². The van der Waals surface area contributed by atoms with Crippen LogP contribution in [0.15, 0.2) is 30.3 Å². The van der Waals surface area contributed by atoms with E-state index in [-0.39, 0.29) is 6.03 Å². The van der Waals surface area contributed by atoms with Gasteiger partial charge in [-0.3, -0.25) is 0 Å². The maximum atomic E-state index is 12.6. The monoisotopic (exact) mass is 396 g/mol. The van der Waals surface area contributed by atoms with Crippen molar-refractivity contribution in [3.8, 4) is 5.75 Å². The highest BCUT2D eigenvalue weighted by atomic mass is 16.5. The number of ether oxygens (including phenoxy) is 1. The number of hydrogen-bond donors (Lipinski definition) is 1. The fourth-order valence-electron chi connectivity index (χ4n) is 3.77. The Kier molecular flexibility index (Phi) is 5.69. The number of nitrogens with one attached hydrogen (secondary N) is 1. The van der Waals surface area contributed by atoms with Crippen molar-refractivity contribution in [3.05, 3.63) is 36.0 Å². The van der Waals surface area contributed by atoms with Crippen LogP contribution in [0.1, 0.15) is 18.5 Å². The fraction of sp³-hybridized carbons (Fsp3) is 0.476. The highest BCUT2D eigenvalue weighted by molar-refractivity contribution is 5.89. The van der Waals surface area contributed by atoms with Crippen molar-refractivity contribution in [3.63, 3.8) is 0 Å². The Morgan fingerprint density at radius 3 is 2.31 bits per heavy atom. The zero-order valence-corrected chi connectivity index (χ0v) is 17.1. The first-order valence-electron chi connectivity index (χ1n) is 10.2. The van der Waals surface area contributed by atoms with Crippen LogP contribution in [-0.2, 0) is 0 Å². The van der Waals surface area contributed by atoms with E-state index in [2.05, 4.69) is 26.2 Å². The molecule has 8 heteroatoms. The predicted octanol–water partition coefficient (Wildman–Crippen LogP) is 2.75. The van der Waals surface area contributed by atoms with Crippen LogP contribution in [0.4, 0.5) is 22.2 Å². The van der Waals surface area contributed by atoms with Crippen molar-refractivity contribution in [2.24, 2.45) is 0 Å². The van der Waals surface area contributed by atoms with E-state index in [1.54, 1.807) is 7.11 Å². The van der Waals surface area contributed by atoms with Crippen LogP contribution in [0, 0.1) is 6.92 Å². The average Bonchev–Trinajstić information content (AvgIpc) is 3.29. The molecule has 0 unspecified atom stereocenters. The molecule has 1 aromatic heterocycles. The molecule has 4 rings (SSSR count). The van der Waals surface area contributed by atoms with Gasteiger partial charge >= 0.3 is 6.03 Å². The SMILES string of the molecule is COc1ccc(NC(=O)N2CCN(c3nc(C)cc(N4CCCC4)n3)CC2)cc1. The molecule has 2 aromatic rings. The van der Waals surface area contributed by atoms with Gasteiger partial charge in [0.1, 0.15) is 11.6 Å². The molecule has 1 aromatic carbocycles. The molecule has 29 heavy (non-hydrogen) atoms. The van der Waals surface area contributed by atoms with E-state index < -0.39 is 0 Å². The molecule has 2 fully saturated rings. The van der Waals surface area contributed by atoms with Crippen LogP contribution in [0.2, 0.25) is 0 Å². The topological polar surface area (TPSA) is 73.8 Å². The summed E-state index contributed by atoms with van der Waals surface area (Å²) in [6.07, 6.45) is 2.45. The van der Waals surface area contributed by atoms with Gasteiger partial charge in [-0.25, -0.2) is 9.78 Å². The van der Waals surface area contributed by atoms with E-state index >= 15 is 0 Å². The largest absolute Gasteiger partial charge is 0.497 e. The number of benzene rings is 1. The number of rotatable bonds is 4. The van der Waals surface area contributed by atoms with Gasteiger partial charge in [0.15, 0.2) is 0 Å². The molecule has 0 aliphatic carbocycles. The number of amides is 2. The predicted molar refractivity (Wildman–Crippen MR) is 114 cm³/mol. The molecule has 154 valence electrons. The molecular formula is C21H28N6O2. The minimum absolute atomic E-state index is 0.0854. The minimum atomic E-state index is -0.0854. The third-order valence-electron chi connectivity index (χ3n) is 5.45. The lowest BCUT2D eigenvalue weighted by Crippen LogP contribution is -2.50. The smallest absolute Gasteiger partial charge is 0.321 e. The summed E-state index contributed by atoms with van der Waals surface area (Å²) in [5.41, 5.74) is 1.74. The van der Waals surface area contributed by atoms with Gasteiger partial charge in [-0.15, -0.1) is 0 Å². The van der Waals surface area contributed by atoms with E-state index in [0.29, 0.717) is 13.1 Å². The number of carbonyl (C=O) groups excluding carboxylic acids is 1. The lowest BCUT2D eigenvalue weighted by molar-refractivity contribution is 0.208. The van der Waals surface area contributed by atoms with Gasteiger partial charge in [0.25, 0.3) is 0 Å². The number of methoxy groups -OCH3 is 1. The Balaban J connectivity index is 1.35. The maximum Gasteiger partial charge on any atom is 0.321 e. The molecule has 0 saturated carbocycles. The van der Waals surface area contributed by atoms with Gasteiger partial charge in [-0.1, -0.05) is 0 Å². The summed E-state index contributed by atoms with van der Waals surface area (Å²) in [6.45, 7) is 6.86. The number of anilines is 3. The number of aromatic nitrogens is 2. The highest BCUT2D eigenvalue weighted by Crippen LogP contribution is 2.22. The molecule has 2 aliphatic heterocycles. The van der Waals surface area contributed by atoms with Gasteiger partial charge in [0, 0.05) is 56.7 Å². The Morgan fingerprint density at radius 1 is 0.966 bits per heavy atom. The van der Waals surface area contributed by atoms with Crippen molar-refractivity contribution in [1.29, 1.82) is 0 Å². The first kappa shape index (κ1) is 19.3. The summed E-state index contributed by atoms with van der Waals surface area (Å²) >= 11 is 0. The quantitative estimate of drug-likeness (QED) is 0.857. The first-order chi connectivity index (χ1) is 14.1. The number of nitrogens with zero attached hydrogens (tertiary/aromatic N) is 5. The fourth-order valence-corrected chi connectivity index (χ4v) is 3.77. The Morgan fingerprint density at radius 2 is 1.66 bits per heavy atom. The van der Waals surface area contributed by atoms with Crippen LogP contribution in [0.3, 0.4) is 0 Å². The van der Waals surface area contributed by atoms with Crippen LogP contribution < -0.4 is 19.9 Å². The van der Waals surface area contributed by atoms with Crippen LogP contribution in [-0.4, -0.2) is 67.3 Å². The highest BCUT2D eigenvalue weighted by Gasteiger charge is 2.24. The van der Waals surface area contributed by atoms with E-state index in [0.717, 1.165) is 55.1 Å². The number of piperazine rings is 1. The molecular weight excluding hydrogens is 368 g/mol. The molecule has 3 heterocycles. The molecule has 1 N–H and O–H groups in total. The van der Waals surface area contributed by atoms with Gasteiger partial charge in [0.2, 0.25) is 5.95 Å². The zero-order valence-electron chi connectivity index (χ0n) is 17.1. The van der Waals surface area contributed by atoms with Crippen LogP contribution in [0.25, 0.3) is 0 Å². The van der Waals surface area contributed by atoms with Crippen molar-refractivity contribution in [2.75, 3.05) is 61.5 Å². The lowest BCUT2D eigenvalue weighted by atomic mass is 10.3. The second-order valence-electron chi connectivity index (χ2n) is 7.49. The zero-order chi connectivity index (χ0) is 20.2. The van der Waals surface area contributed by atoms with E-state index in [9.17, 15) is 4.79 Å². The molecule has 0 spiro atoms. The standard InChI is InChI=1S/C21H28N6O2/c1-16-15-19(25-9-3-4-10-25)24-20(22-16)26-11-13-27(14-12-26)21(28)23-17-5-7-18(29-2)8-6-17/h5-8,15H,3-4,9-14H2,1-2H3,(H,23,28). The van der Waals surface area contributed by atoms with Gasteiger partial charge < -0.3 is 24.8 Å². The van der Waals surface area contributed by atoms with Gasteiger partial charge in [-0.05, 0) is 44.0 Å². The van der Waals surface area contributed by atoms with E-state index in [1.165, 1.54) is 12.8 Å². The van der Waals surface area contributed by atoms with Crippen molar-refractivity contribution >= 4 is 23.5 Å². The Hall–Kier alpha value is -3.03.